The molecule has 0 aliphatic carbocycles. The van der Waals surface area contributed by atoms with E-state index in [1.807, 2.05) is 0 Å². The van der Waals surface area contributed by atoms with Crippen LogP contribution in [-0.4, -0.2) is 16.2 Å². The zero-order chi connectivity index (χ0) is 8.97. The lowest BCUT2D eigenvalue weighted by molar-refractivity contribution is 0.208. The number of aromatic nitrogens is 1. The fourth-order valence-electron chi connectivity index (χ4n) is 0.706. The topological polar surface area (TPSA) is 85.4 Å². The highest BCUT2D eigenvalue weighted by molar-refractivity contribution is 5.67. The number of ether oxygens (including phenoxy) is 1. The predicted octanol–water partition coefficient (Wildman–Crippen LogP) is 0.0314. The Morgan fingerprint density at radius 2 is 2.42 bits per heavy atom. The van der Waals surface area contributed by atoms with Crippen molar-refractivity contribution >= 4 is 6.09 Å². The largest absolute Gasteiger partial charge is 0.411 e. The van der Waals surface area contributed by atoms with Crippen LogP contribution in [0.4, 0.5) is 4.79 Å². The fourth-order valence-corrected chi connectivity index (χ4v) is 0.706. The van der Waals surface area contributed by atoms with Gasteiger partial charge in [-0.05, 0) is 6.07 Å². The number of carbonyl (C=O) groups excluding carboxylic acids is 1. The fraction of sp³-hybridized carbons (Fsp3) is 0.143. The van der Waals surface area contributed by atoms with E-state index in [4.69, 9.17) is 10.8 Å². The molecule has 0 bridgehead atoms. The van der Waals surface area contributed by atoms with Crippen LogP contribution < -0.4 is 10.5 Å². The van der Waals surface area contributed by atoms with Crippen molar-refractivity contribution in [3.63, 3.8) is 0 Å². The number of amides is 1. The zero-order valence-corrected chi connectivity index (χ0v) is 6.23. The molecule has 5 heteroatoms. The summed E-state index contributed by atoms with van der Waals surface area (Å²) in [6.07, 6.45) is -0.919. The molecule has 5 nitrogen and oxygen atoms in total. The Morgan fingerprint density at radius 3 is 3.00 bits per heavy atom. The Labute approximate surface area is 68.8 Å². The van der Waals surface area contributed by atoms with Gasteiger partial charge in [-0.15, -0.1) is 0 Å². The Balaban J connectivity index is 2.79. The van der Waals surface area contributed by atoms with Gasteiger partial charge >= 0.3 is 6.09 Å². The number of hydrogen-bond donors (Lipinski definition) is 2. The molecule has 64 valence electrons. The lowest BCUT2D eigenvalue weighted by Crippen LogP contribution is -2.17. The molecule has 1 heterocycles. The van der Waals surface area contributed by atoms with Gasteiger partial charge in [-0.1, -0.05) is 6.07 Å². The van der Waals surface area contributed by atoms with Gasteiger partial charge in [-0.3, -0.25) is 0 Å². The number of nitrogens with two attached hydrogens (primary N) is 1. The molecule has 1 aromatic rings. The number of hydrogen-bond acceptors (Lipinski definition) is 4. The maximum absolute atomic E-state index is 10.3. The molecule has 0 aliphatic rings. The average Bonchev–Trinajstić information content (AvgIpc) is 2.03. The Hall–Kier alpha value is -1.62. The van der Waals surface area contributed by atoms with E-state index in [2.05, 4.69) is 9.72 Å². The van der Waals surface area contributed by atoms with Crippen molar-refractivity contribution in [2.45, 2.75) is 6.61 Å². The molecule has 0 fully saturated rings. The molecule has 1 amide bonds. The van der Waals surface area contributed by atoms with Gasteiger partial charge in [-0.2, -0.15) is 0 Å². The van der Waals surface area contributed by atoms with Crippen molar-refractivity contribution in [1.82, 2.24) is 4.98 Å². The van der Waals surface area contributed by atoms with Crippen LogP contribution in [0.2, 0.25) is 0 Å². The van der Waals surface area contributed by atoms with Crippen LogP contribution in [-0.2, 0) is 6.61 Å². The molecule has 0 aliphatic heterocycles. The van der Waals surface area contributed by atoms with Crippen LogP contribution in [0.25, 0.3) is 0 Å². The SMILES string of the molecule is NC(=O)Oc1cccc(CO)n1. The molecular formula is C7H8N2O3. The molecule has 12 heavy (non-hydrogen) atoms. The van der Waals surface area contributed by atoms with Crippen molar-refractivity contribution in [3.05, 3.63) is 23.9 Å². The first-order valence-corrected chi connectivity index (χ1v) is 3.26. The van der Waals surface area contributed by atoms with Gasteiger partial charge in [0.1, 0.15) is 0 Å². The Kier molecular flexibility index (Phi) is 2.60. The van der Waals surface area contributed by atoms with E-state index in [-0.39, 0.29) is 12.5 Å². The molecule has 1 rings (SSSR count). The monoisotopic (exact) mass is 168 g/mol. The van der Waals surface area contributed by atoms with Crippen molar-refractivity contribution in [2.75, 3.05) is 0 Å². The van der Waals surface area contributed by atoms with Gasteiger partial charge in [0.15, 0.2) is 0 Å². The highest BCUT2D eigenvalue weighted by Gasteiger charge is 2.00. The van der Waals surface area contributed by atoms with Crippen molar-refractivity contribution in [2.24, 2.45) is 5.73 Å². The predicted molar refractivity (Wildman–Crippen MR) is 40.4 cm³/mol. The third-order valence-corrected chi connectivity index (χ3v) is 1.15. The Morgan fingerprint density at radius 1 is 1.67 bits per heavy atom. The molecule has 0 unspecified atom stereocenters. The van der Waals surface area contributed by atoms with E-state index in [0.717, 1.165) is 0 Å². The molecular weight excluding hydrogens is 160 g/mol. The van der Waals surface area contributed by atoms with Crippen LogP contribution >= 0.6 is 0 Å². The molecule has 0 saturated carbocycles. The number of primary amides is 1. The van der Waals surface area contributed by atoms with E-state index in [0.29, 0.717) is 5.69 Å². The maximum Gasteiger partial charge on any atom is 0.411 e. The van der Waals surface area contributed by atoms with Crippen molar-refractivity contribution < 1.29 is 14.6 Å². The zero-order valence-electron chi connectivity index (χ0n) is 6.23. The number of rotatable bonds is 2. The number of pyridine rings is 1. The maximum atomic E-state index is 10.3. The second-order valence-electron chi connectivity index (χ2n) is 2.05. The van der Waals surface area contributed by atoms with Crippen LogP contribution in [0.15, 0.2) is 18.2 Å². The van der Waals surface area contributed by atoms with E-state index in [1.54, 1.807) is 12.1 Å². The highest BCUT2D eigenvalue weighted by Crippen LogP contribution is 2.06. The summed E-state index contributed by atoms with van der Waals surface area (Å²) >= 11 is 0. The van der Waals surface area contributed by atoms with Gasteiger partial charge in [0.25, 0.3) is 0 Å². The normalized spacial score (nSPS) is 9.42. The van der Waals surface area contributed by atoms with Gasteiger partial charge in [0.2, 0.25) is 5.88 Å². The van der Waals surface area contributed by atoms with Crippen LogP contribution in [0.3, 0.4) is 0 Å². The molecule has 0 radical (unpaired) electrons. The molecule has 3 N–H and O–H groups in total. The van der Waals surface area contributed by atoms with Crippen LogP contribution in [0.5, 0.6) is 5.88 Å². The second-order valence-corrected chi connectivity index (χ2v) is 2.05. The summed E-state index contributed by atoms with van der Waals surface area (Å²) in [5.74, 6) is 0.0917. The van der Waals surface area contributed by atoms with Gasteiger partial charge in [0.05, 0.1) is 12.3 Å². The second kappa shape index (κ2) is 3.68. The summed E-state index contributed by atoms with van der Waals surface area (Å²) in [7, 11) is 0. The minimum Gasteiger partial charge on any atom is -0.391 e. The minimum absolute atomic E-state index is 0.0917. The first-order chi connectivity index (χ1) is 5.72. The number of aliphatic hydroxyl groups excluding tert-OH is 1. The van der Waals surface area contributed by atoms with E-state index in [9.17, 15) is 4.79 Å². The van der Waals surface area contributed by atoms with Gasteiger partial charge in [0, 0.05) is 6.07 Å². The average molecular weight is 168 g/mol. The van der Waals surface area contributed by atoms with Crippen molar-refractivity contribution in [1.29, 1.82) is 0 Å². The third kappa shape index (κ3) is 2.21. The van der Waals surface area contributed by atoms with Gasteiger partial charge in [-0.25, -0.2) is 9.78 Å². The molecule has 0 aromatic carbocycles. The lowest BCUT2D eigenvalue weighted by atomic mass is 10.4. The third-order valence-electron chi connectivity index (χ3n) is 1.15. The first-order valence-electron chi connectivity index (χ1n) is 3.26. The summed E-state index contributed by atoms with van der Waals surface area (Å²) in [5.41, 5.74) is 5.18. The summed E-state index contributed by atoms with van der Waals surface area (Å²) in [6, 6.07) is 4.69. The standard InChI is InChI=1S/C7H8N2O3/c8-7(11)12-6-3-1-2-5(4-10)9-6/h1-3,10H,4H2,(H2,8,11). The quantitative estimate of drug-likeness (QED) is 0.652. The lowest BCUT2D eigenvalue weighted by Gasteiger charge is -2.00. The van der Waals surface area contributed by atoms with Crippen molar-refractivity contribution in [3.8, 4) is 5.88 Å². The molecule has 0 saturated heterocycles. The number of carbonyl (C=O) groups is 1. The number of nitrogens with zero attached hydrogens (tertiary/aromatic N) is 1. The van der Waals surface area contributed by atoms with Crippen LogP contribution in [0, 0.1) is 0 Å². The summed E-state index contributed by atoms with van der Waals surface area (Å²) in [5, 5.41) is 8.66. The summed E-state index contributed by atoms with van der Waals surface area (Å²) in [6.45, 7) is -0.198. The van der Waals surface area contributed by atoms with Gasteiger partial charge < -0.3 is 15.6 Å². The molecule has 0 atom stereocenters. The van der Waals surface area contributed by atoms with E-state index in [1.165, 1.54) is 6.07 Å². The first kappa shape index (κ1) is 8.48. The summed E-state index contributed by atoms with van der Waals surface area (Å²) in [4.78, 5) is 14.0. The number of aliphatic hydroxyl groups is 1. The highest BCUT2D eigenvalue weighted by atomic mass is 16.6. The van der Waals surface area contributed by atoms with E-state index >= 15 is 0 Å². The minimum atomic E-state index is -0.919. The summed E-state index contributed by atoms with van der Waals surface area (Å²) < 4.78 is 4.47. The molecule has 0 spiro atoms. The Bertz CT molecular complexity index is 288. The smallest absolute Gasteiger partial charge is 0.391 e. The molecule has 1 aromatic heterocycles. The van der Waals surface area contributed by atoms with E-state index < -0.39 is 6.09 Å². The van der Waals surface area contributed by atoms with Crippen LogP contribution in [0.1, 0.15) is 5.69 Å².